The van der Waals surface area contributed by atoms with Crippen LogP contribution in [0.2, 0.25) is 10.0 Å². The monoisotopic (exact) mass is 499 g/mol. The van der Waals surface area contributed by atoms with Gasteiger partial charge in [-0.05, 0) is 54.5 Å². The lowest BCUT2D eigenvalue weighted by atomic mass is 10.1. The van der Waals surface area contributed by atoms with Crippen LogP contribution in [-0.4, -0.2) is 23.8 Å². The van der Waals surface area contributed by atoms with Gasteiger partial charge in [0, 0.05) is 22.8 Å². The van der Waals surface area contributed by atoms with Gasteiger partial charge in [0.1, 0.15) is 11.4 Å². The number of rotatable bonds is 7. The molecule has 34 heavy (non-hydrogen) atoms. The van der Waals surface area contributed by atoms with E-state index >= 15 is 0 Å². The summed E-state index contributed by atoms with van der Waals surface area (Å²) in [4.78, 5) is 36.6. The number of halogens is 2. The van der Waals surface area contributed by atoms with Crippen molar-refractivity contribution in [2.45, 2.75) is 6.92 Å². The number of anilines is 1. The summed E-state index contributed by atoms with van der Waals surface area (Å²) in [5.74, 6) is -0.847. The number of nitro groups is 1. The normalized spacial score (nSPS) is 11.0. The minimum atomic E-state index is -0.658. The van der Waals surface area contributed by atoms with Gasteiger partial charge >= 0.3 is 0 Å². The molecule has 0 atom stereocenters. The first-order valence-corrected chi connectivity index (χ1v) is 10.6. The van der Waals surface area contributed by atoms with E-state index in [4.69, 9.17) is 27.9 Å². The molecule has 0 aliphatic rings. The fourth-order valence-corrected chi connectivity index (χ4v) is 3.41. The molecule has 0 radical (unpaired) electrons. The minimum absolute atomic E-state index is 0.110. The number of carbonyl (C=O) groups is 2. The molecule has 0 saturated carbocycles. The number of nitrogens with zero attached hydrogens (tertiary/aromatic N) is 1. The van der Waals surface area contributed by atoms with Gasteiger partial charge in [-0.1, -0.05) is 41.4 Å². The number of non-ortho nitro benzene ring substituents is 1. The smallest absolute Gasteiger partial charge is 0.272 e. The first-order chi connectivity index (χ1) is 16.2. The summed E-state index contributed by atoms with van der Waals surface area (Å²) in [5.41, 5.74) is 1.21. The topological polar surface area (TPSA) is 111 Å². The predicted octanol–water partition coefficient (Wildman–Crippen LogP) is 5.63. The van der Waals surface area contributed by atoms with Crippen molar-refractivity contribution in [1.29, 1.82) is 0 Å². The highest BCUT2D eigenvalue weighted by Crippen LogP contribution is 2.25. The van der Waals surface area contributed by atoms with Crippen molar-refractivity contribution in [3.63, 3.8) is 0 Å². The van der Waals surface area contributed by atoms with Crippen LogP contribution < -0.4 is 15.4 Å². The van der Waals surface area contributed by atoms with Crippen LogP contribution in [0.1, 0.15) is 21.5 Å². The summed E-state index contributed by atoms with van der Waals surface area (Å²) in [6.07, 6.45) is 1.33. The van der Waals surface area contributed by atoms with E-state index in [1.54, 1.807) is 37.3 Å². The van der Waals surface area contributed by atoms with Gasteiger partial charge in [-0.2, -0.15) is 0 Å². The Kier molecular flexibility index (Phi) is 7.88. The first kappa shape index (κ1) is 24.8. The standard InChI is InChI=1S/C24H19Cl2N3O5/c1-14-19(25)7-4-8-21(14)27-24(31)22(12-15-5-3-6-16(11-15)29(32)33)28-23(30)18-10-9-17(34-2)13-20(18)26/h3-13H,1-2H3,(H,27,31)(H,28,30). The molecule has 0 fully saturated rings. The summed E-state index contributed by atoms with van der Waals surface area (Å²) >= 11 is 12.3. The van der Waals surface area contributed by atoms with E-state index in [9.17, 15) is 19.7 Å². The van der Waals surface area contributed by atoms with Crippen LogP contribution in [0.4, 0.5) is 11.4 Å². The maximum Gasteiger partial charge on any atom is 0.272 e. The second-order valence-electron chi connectivity index (χ2n) is 7.08. The highest BCUT2D eigenvalue weighted by Gasteiger charge is 2.19. The molecule has 0 aromatic heterocycles. The molecule has 3 aromatic rings. The van der Waals surface area contributed by atoms with Crippen LogP contribution in [0.5, 0.6) is 5.75 Å². The number of carbonyl (C=O) groups excluding carboxylic acids is 2. The van der Waals surface area contributed by atoms with Gasteiger partial charge in [0.15, 0.2) is 0 Å². The molecule has 0 heterocycles. The zero-order valence-corrected chi connectivity index (χ0v) is 19.6. The molecule has 2 amide bonds. The summed E-state index contributed by atoms with van der Waals surface area (Å²) in [6, 6.07) is 15.1. The van der Waals surface area contributed by atoms with E-state index in [1.165, 1.54) is 43.5 Å². The fourth-order valence-electron chi connectivity index (χ4n) is 2.98. The van der Waals surface area contributed by atoms with Crippen molar-refractivity contribution < 1.29 is 19.2 Å². The Morgan fingerprint density at radius 3 is 2.44 bits per heavy atom. The quantitative estimate of drug-likeness (QED) is 0.248. The van der Waals surface area contributed by atoms with Crippen LogP contribution in [-0.2, 0) is 4.79 Å². The van der Waals surface area contributed by atoms with Gasteiger partial charge in [0.05, 0.1) is 22.6 Å². The summed E-state index contributed by atoms with van der Waals surface area (Å²) in [5, 5.41) is 17.0. The van der Waals surface area contributed by atoms with Gasteiger partial charge < -0.3 is 15.4 Å². The average molecular weight is 500 g/mol. The van der Waals surface area contributed by atoms with E-state index in [-0.39, 0.29) is 22.0 Å². The Bertz CT molecular complexity index is 1310. The molecule has 3 rings (SSSR count). The Morgan fingerprint density at radius 1 is 1.03 bits per heavy atom. The molecule has 8 nitrogen and oxygen atoms in total. The van der Waals surface area contributed by atoms with Crippen molar-refractivity contribution in [3.05, 3.63) is 103 Å². The van der Waals surface area contributed by atoms with E-state index in [0.29, 0.717) is 27.6 Å². The zero-order chi connectivity index (χ0) is 24.8. The molecule has 0 aliphatic carbocycles. The number of amides is 2. The van der Waals surface area contributed by atoms with Crippen LogP contribution >= 0.6 is 23.2 Å². The van der Waals surface area contributed by atoms with Gasteiger partial charge in [-0.15, -0.1) is 0 Å². The van der Waals surface area contributed by atoms with Gasteiger partial charge in [-0.25, -0.2) is 0 Å². The molecular weight excluding hydrogens is 481 g/mol. The SMILES string of the molecule is COc1ccc(C(=O)NC(=Cc2cccc([N+](=O)[O-])c2)C(=O)Nc2cccc(Cl)c2C)c(Cl)c1. The van der Waals surface area contributed by atoms with Crippen LogP contribution in [0.15, 0.2) is 66.4 Å². The van der Waals surface area contributed by atoms with Crippen molar-refractivity contribution in [1.82, 2.24) is 5.32 Å². The average Bonchev–Trinajstić information content (AvgIpc) is 2.81. The van der Waals surface area contributed by atoms with Gasteiger partial charge in [0.2, 0.25) is 0 Å². The minimum Gasteiger partial charge on any atom is -0.497 e. The highest BCUT2D eigenvalue weighted by atomic mass is 35.5. The van der Waals surface area contributed by atoms with Crippen LogP contribution in [0, 0.1) is 17.0 Å². The maximum atomic E-state index is 13.1. The number of hydrogen-bond acceptors (Lipinski definition) is 5. The Labute approximate surface area is 205 Å². The summed E-state index contributed by atoms with van der Waals surface area (Å²) in [6.45, 7) is 1.73. The summed E-state index contributed by atoms with van der Waals surface area (Å²) in [7, 11) is 1.47. The second kappa shape index (κ2) is 10.8. The maximum absolute atomic E-state index is 13.1. The number of nitrogens with one attached hydrogen (secondary N) is 2. The van der Waals surface area contributed by atoms with Gasteiger partial charge in [0.25, 0.3) is 17.5 Å². The lowest BCUT2D eigenvalue weighted by Crippen LogP contribution is -2.31. The molecule has 0 unspecified atom stereocenters. The number of methoxy groups -OCH3 is 1. The van der Waals surface area contributed by atoms with E-state index in [0.717, 1.165) is 0 Å². The van der Waals surface area contributed by atoms with E-state index in [2.05, 4.69) is 10.6 Å². The lowest BCUT2D eigenvalue weighted by Gasteiger charge is -2.14. The molecule has 0 aliphatic heterocycles. The lowest BCUT2D eigenvalue weighted by molar-refractivity contribution is -0.384. The van der Waals surface area contributed by atoms with Gasteiger partial charge in [-0.3, -0.25) is 19.7 Å². The molecule has 0 bridgehead atoms. The van der Waals surface area contributed by atoms with Crippen LogP contribution in [0.25, 0.3) is 6.08 Å². The summed E-state index contributed by atoms with van der Waals surface area (Å²) < 4.78 is 5.09. The number of benzene rings is 3. The molecule has 174 valence electrons. The highest BCUT2D eigenvalue weighted by molar-refractivity contribution is 6.34. The molecule has 0 spiro atoms. The third-order valence-corrected chi connectivity index (χ3v) is 5.54. The number of hydrogen-bond donors (Lipinski definition) is 2. The molecule has 3 aromatic carbocycles. The molecule has 2 N–H and O–H groups in total. The van der Waals surface area contributed by atoms with Crippen molar-refractivity contribution >= 4 is 52.5 Å². The van der Waals surface area contributed by atoms with E-state index in [1.807, 2.05) is 0 Å². The third kappa shape index (κ3) is 5.92. The molecule has 0 saturated heterocycles. The second-order valence-corrected chi connectivity index (χ2v) is 7.89. The van der Waals surface area contributed by atoms with Crippen molar-refractivity contribution in [2.75, 3.05) is 12.4 Å². The number of ether oxygens (including phenoxy) is 1. The van der Waals surface area contributed by atoms with Crippen LogP contribution in [0.3, 0.4) is 0 Å². The van der Waals surface area contributed by atoms with E-state index < -0.39 is 16.7 Å². The largest absolute Gasteiger partial charge is 0.497 e. The fraction of sp³-hybridized carbons (Fsp3) is 0.0833. The Balaban J connectivity index is 1.98. The predicted molar refractivity (Wildman–Crippen MR) is 131 cm³/mol. The first-order valence-electron chi connectivity index (χ1n) is 9.87. The molecule has 10 heteroatoms. The van der Waals surface area contributed by atoms with Crippen molar-refractivity contribution in [3.8, 4) is 5.75 Å². The number of nitro benzene ring substituents is 1. The van der Waals surface area contributed by atoms with Crippen molar-refractivity contribution in [2.24, 2.45) is 0 Å². The molecular formula is C24H19Cl2N3O5. The Hall–Kier alpha value is -3.88. The zero-order valence-electron chi connectivity index (χ0n) is 18.1. The Morgan fingerprint density at radius 2 is 1.76 bits per heavy atom. The third-order valence-electron chi connectivity index (χ3n) is 4.82.